The molecule has 4 N–H and O–H groups in total. The monoisotopic (exact) mass is 659 g/mol. The third kappa shape index (κ3) is 8.41. The highest BCUT2D eigenvalue weighted by molar-refractivity contribution is 6.31. The predicted molar refractivity (Wildman–Crippen MR) is 155 cm³/mol. The molecule has 0 aliphatic heterocycles. The number of anilines is 2. The number of hydrazine groups is 1. The summed E-state index contributed by atoms with van der Waals surface area (Å²) in [6.07, 6.45) is -3.49. The van der Waals surface area contributed by atoms with Gasteiger partial charge in [-0.3, -0.25) is 45.7 Å². The number of alkyl halides is 3. The molecule has 0 saturated heterocycles. The number of amides is 4. The van der Waals surface area contributed by atoms with Crippen molar-refractivity contribution in [3.8, 4) is 11.5 Å². The Balaban J connectivity index is 1.34. The van der Waals surface area contributed by atoms with Crippen molar-refractivity contribution in [3.63, 3.8) is 0 Å². The molecule has 4 aromatic rings. The topological polar surface area (TPSA) is 208 Å². The van der Waals surface area contributed by atoms with Gasteiger partial charge in [-0.25, -0.2) is 4.79 Å². The minimum atomic E-state index is -4.71. The SMILES string of the molecule is O=C(Nc1ccc(Oc2ccnc(C(=O)NNC(=O)c3cc([N+](=O)[O-])cc([N+](=O)[O-])c3)c2)cc1)Nc1ccc(Cl)c(C(F)(F)F)c1. The number of non-ortho nitro benzene ring substituents is 2. The zero-order valence-electron chi connectivity index (χ0n) is 22.6. The molecule has 0 aliphatic rings. The van der Waals surface area contributed by atoms with Crippen LogP contribution < -0.4 is 26.2 Å². The van der Waals surface area contributed by atoms with E-state index in [9.17, 15) is 47.8 Å². The summed E-state index contributed by atoms with van der Waals surface area (Å²) in [6, 6.07) is 12.7. The molecule has 19 heteroatoms. The van der Waals surface area contributed by atoms with Gasteiger partial charge in [-0.1, -0.05) is 11.6 Å². The van der Waals surface area contributed by atoms with Crippen molar-refractivity contribution in [3.05, 3.63) is 121 Å². The number of ether oxygens (including phenoxy) is 1. The summed E-state index contributed by atoms with van der Waals surface area (Å²) >= 11 is 5.58. The lowest BCUT2D eigenvalue weighted by atomic mass is 10.1. The molecule has 0 aliphatic carbocycles. The molecule has 0 fully saturated rings. The molecule has 0 saturated carbocycles. The van der Waals surface area contributed by atoms with Crippen molar-refractivity contribution in [2.75, 3.05) is 10.6 Å². The van der Waals surface area contributed by atoms with Crippen molar-refractivity contribution in [1.82, 2.24) is 15.8 Å². The third-order valence-electron chi connectivity index (χ3n) is 5.72. The van der Waals surface area contributed by atoms with Crippen LogP contribution in [0.1, 0.15) is 26.4 Å². The zero-order chi connectivity index (χ0) is 33.6. The number of nitrogens with zero attached hydrogens (tertiary/aromatic N) is 3. The first-order valence-corrected chi connectivity index (χ1v) is 12.8. The van der Waals surface area contributed by atoms with E-state index in [0.717, 1.165) is 18.2 Å². The highest BCUT2D eigenvalue weighted by Crippen LogP contribution is 2.36. The van der Waals surface area contributed by atoms with Crippen molar-refractivity contribution in [2.45, 2.75) is 6.18 Å². The molecule has 0 radical (unpaired) electrons. The fourth-order valence-electron chi connectivity index (χ4n) is 3.64. The second-order valence-electron chi connectivity index (χ2n) is 8.94. The van der Waals surface area contributed by atoms with Crippen LogP contribution in [-0.2, 0) is 6.18 Å². The van der Waals surface area contributed by atoms with Gasteiger partial charge in [0.05, 0.1) is 32.1 Å². The molecule has 3 aromatic carbocycles. The van der Waals surface area contributed by atoms with Gasteiger partial charge in [-0.05, 0) is 48.5 Å². The number of halogens is 4. The molecule has 15 nitrogen and oxygen atoms in total. The van der Waals surface area contributed by atoms with Gasteiger partial charge >= 0.3 is 12.2 Å². The van der Waals surface area contributed by atoms with Gasteiger partial charge in [-0.15, -0.1) is 0 Å². The number of rotatable bonds is 8. The molecule has 236 valence electrons. The van der Waals surface area contributed by atoms with Crippen molar-refractivity contribution in [1.29, 1.82) is 0 Å². The first-order valence-electron chi connectivity index (χ1n) is 12.4. The Morgan fingerprint density at radius 2 is 1.35 bits per heavy atom. The minimum absolute atomic E-state index is 0.127. The summed E-state index contributed by atoms with van der Waals surface area (Å²) in [7, 11) is 0. The van der Waals surface area contributed by atoms with Gasteiger partial charge in [0, 0.05) is 35.8 Å². The maximum absolute atomic E-state index is 13.1. The lowest BCUT2D eigenvalue weighted by Gasteiger charge is -2.13. The Morgan fingerprint density at radius 3 is 1.96 bits per heavy atom. The van der Waals surface area contributed by atoms with Gasteiger partial charge in [0.2, 0.25) is 0 Å². The summed E-state index contributed by atoms with van der Waals surface area (Å²) in [5.41, 5.74) is 0.945. The number of hydrogen-bond acceptors (Lipinski definition) is 9. The maximum Gasteiger partial charge on any atom is 0.417 e. The number of aromatic nitrogens is 1. The molecular formula is C27H17ClF3N7O8. The van der Waals surface area contributed by atoms with E-state index in [1.165, 1.54) is 48.7 Å². The molecule has 1 aromatic heterocycles. The van der Waals surface area contributed by atoms with Gasteiger partial charge < -0.3 is 15.4 Å². The summed E-state index contributed by atoms with van der Waals surface area (Å²) in [5.74, 6) is -1.62. The minimum Gasteiger partial charge on any atom is -0.457 e. The molecule has 0 bridgehead atoms. The van der Waals surface area contributed by atoms with E-state index in [2.05, 4.69) is 15.6 Å². The number of benzene rings is 3. The number of pyridine rings is 1. The van der Waals surface area contributed by atoms with E-state index in [1.54, 1.807) is 0 Å². The molecular weight excluding hydrogens is 643 g/mol. The van der Waals surface area contributed by atoms with Gasteiger partial charge in [0.15, 0.2) is 0 Å². The summed E-state index contributed by atoms with van der Waals surface area (Å²) < 4.78 is 44.8. The quantitative estimate of drug-likeness (QED) is 0.127. The fourth-order valence-corrected chi connectivity index (χ4v) is 3.87. The van der Waals surface area contributed by atoms with Crippen LogP contribution in [0, 0.1) is 20.2 Å². The molecule has 1 heterocycles. The van der Waals surface area contributed by atoms with Crippen LogP contribution in [0.5, 0.6) is 11.5 Å². The Bertz CT molecular complexity index is 1820. The number of nitrogens with one attached hydrogen (secondary N) is 4. The second-order valence-corrected chi connectivity index (χ2v) is 9.34. The van der Waals surface area contributed by atoms with E-state index in [4.69, 9.17) is 16.3 Å². The van der Waals surface area contributed by atoms with Crippen LogP contribution in [0.15, 0.2) is 79.0 Å². The van der Waals surface area contributed by atoms with Crippen LogP contribution in [-0.4, -0.2) is 32.7 Å². The predicted octanol–water partition coefficient (Wildman–Crippen LogP) is 6.08. The molecule has 0 spiro atoms. The van der Waals surface area contributed by atoms with Crippen LogP contribution in [0.3, 0.4) is 0 Å². The maximum atomic E-state index is 13.1. The first kappa shape index (κ1) is 32.6. The summed E-state index contributed by atoms with van der Waals surface area (Å²) in [4.78, 5) is 61.3. The average Bonchev–Trinajstić information content (AvgIpc) is 3.00. The van der Waals surface area contributed by atoms with Crippen LogP contribution in [0.25, 0.3) is 0 Å². The number of nitro groups is 2. The first-order chi connectivity index (χ1) is 21.7. The molecule has 4 rings (SSSR count). The van der Waals surface area contributed by atoms with Gasteiger partial charge in [0.1, 0.15) is 17.2 Å². The Hall–Kier alpha value is -6.30. The van der Waals surface area contributed by atoms with Crippen molar-refractivity contribution >= 4 is 52.2 Å². The standard InChI is InChI=1S/C27H17ClF3N7O8/c28-22-6-3-16(11-21(22)27(29,30)31)34-26(41)33-15-1-4-19(5-2-15)46-20-7-8-32-23(13-20)25(40)36-35-24(39)14-9-17(37(42)43)12-18(10-14)38(44)45/h1-13H,(H,35,39)(H,36,40)(H2,33,34,41). The average molecular weight is 660 g/mol. The Kier molecular flexibility index (Phi) is 9.61. The van der Waals surface area contributed by atoms with E-state index in [-0.39, 0.29) is 28.6 Å². The Labute approximate surface area is 259 Å². The second kappa shape index (κ2) is 13.6. The van der Waals surface area contributed by atoms with Crippen LogP contribution in [0.4, 0.5) is 40.7 Å². The summed E-state index contributed by atoms with van der Waals surface area (Å²) in [6.45, 7) is 0. The molecule has 0 atom stereocenters. The highest BCUT2D eigenvalue weighted by Gasteiger charge is 2.33. The number of nitro benzene ring substituents is 2. The summed E-state index contributed by atoms with van der Waals surface area (Å²) in [5, 5.41) is 26.3. The van der Waals surface area contributed by atoms with Crippen LogP contribution >= 0.6 is 11.6 Å². The number of hydrogen-bond donors (Lipinski definition) is 4. The molecule has 0 unspecified atom stereocenters. The smallest absolute Gasteiger partial charge is 0.417 e. The van der Waals surface area contributed by atoms with Crippen molar-refractivity contribution in [2.24, 2.45) is 0 Å². The lowest BCUT2D eigenvalue weighted by Crippen LogP contribution is -2.42. The number of urea groups is 1. The van der Waals surface area contributed by atoms with Crippen LogP contribution in [0.2, 0.25) is 5.02 Å². The fraction of sp³-hybridized carbons (Fsp3) is 0.0370. The lowest BCUT2D eigenvalue weighted by molar-refractivity contribution is -0.394. The number of carbonyl (C=O) groups excluding carboxylic acids is 3. The van der Waals surface area contributed by atoms with E-state index < -0.39 is 61.4 Å². The Morgan fingerprint density at radius 1 is 0.761 bits per heavy atom. The number of carbonyl (C=O) groups is 3. The molecule has 46 heavy (non-hydrogen) atoms. The van der Waals surface area contributed by atoms with Gasteiger partial charge in [0.25, 0.3) is 23.2 Å². The highest BCUT2D eigenvalue weighted by atomic mass is 35.5. The van der Waals surface area contributed by atoms with Gasteiger partial charge in [-0.2, -0.15) is 13.2 Å². The molecule has 4 amide bonds. The largest absolute Gasteiger partial charge is 0.457 e. The third-order valence-corrected chi connectivity index (χ3v) is 6.05. The van der Waals surface area contributed by atoms with E-state index >= 15 is 0 Å². The normalized spacial score (nSPS) is 10.8. The van der Waals surface area contributed by atoms with Crippen molar-refractivity contribution < 1.29 is 42.1 Å². The van der Waals surface area contributed by atoms with E-state index in [0.29, 0.717) is 12.1 Å². The zero-order valence-corrected chi connectivity index (χ0v) is 23.4. The van der Waals surface area contributed by atoms with E-state index in [1.807, 2.05) is 10.9 Å².